The lowest BCUT2D eigenvalue weighted by Crippen LogP contribution is -2.43. The van der Waals surface area contributed by atoms with Gasteiger partial charge in [0.05, 0.1) is 11.9 Å². The van der Waals surface area contributed by atoms with Gasteiger partial charge in [0.2, 0.25) is 0 Å². The maximum absolute atomic E-state index is 6.14. The minimum atomic E-state index is 0.255. The van der Waals surface area contributed by atoms with Crippen LogP contribution in [0.1, 0.15) is 25.3 Å². The number of pyridine rings is 1. The van der Waals surface area contributed by atoms with E-state index < -0.39 is 0 Å². The second-order valence-electron chi connectivity index (χ2n) is 6.06. The zero-order chi connectivity index (χ0) is 17.4. The number of piperidine rings is 1. The predicted octanol–water partition coefficient (Wildman–Crippen LogP) is 4.07. The third-order valence-corrected chi connectivity index (χ3v) is 4.46. The summed E-state index contributed by atoms with van der Waals surface area (Å²) >= 11 is 0. The minimum Gasteiger partial charge on any atom is -0.487 e. The van der Waals surface area contributed by atoms with Gasteiger partial charge in [-0.2, -0.15) is 0 Å². The Labute approximate surface area is 145 Å². The molecule has 0 bridgehead atoms. The van der Waals surface area contributed by atoms with E-state index in [4.69, 9.17) is 4.74 Å². The topological polar surface area (TPSA) is 34.1 Å². The molecule has 126 valence electrons. The number of rotatable bonds is 4. The summed E-state index contributed by atoms with van der Waals surface area (Å²) in [7, 11) is 0. The Bertz CT molecular complexity index is 631. The fourth-order valence-corrected chi connectivity index (χ4v) is 3.01. The summed E-state index contributed by atoms with van der Waals surface area (Å²) in [6.45, 7) is 6.36. The molecule has 1 N–H and O–H groups in total. The first-order valence-corrected chi connectivity index (χ1v) is 8.50. The van der Waals surface area contributed by atoms with Crippen molar-refractivity contribution in [3.63, 3.8) is 0 Å². The molecule has 0 spiro atoms. The standard InChI is InChI=1S/C19H24N2O.C2H2/c1-3-15-10-11-20-13-19(15)22-17-8-9-18(21-12-17)16-6-4-14(2)5-7-16;1-2/h4-9,12,15,19-20H,3,10-11,13H2,1-2H3;1-2H. The zero-order valence-electron chi connectivity index (χ0n) is 14.5. The van der Waals surface area contributed by atoms with Gasteiger partial charge in [0, 0.05) is 12.1 Å². The molecular formula is C21H26N2O. The molecule has 1 aliphatic heterocycles. The van der Waals surface area contributed by atoms with E-state index in [1.165, 1.54) is 18.4 Å². The van der Waals surface area contributed by atoms with E-state index >= 15 is 0 Å². The van der Waals surface area contributed by atoms with Gasteiger partial charge in [0.1, 0.15) is 11.9 Å². The third kappa shape index (κ3) is 4.59. The van der Waals surface area contributed by atoms with E-state index in [0.717, 1.165) is 30.1 Å². The number of nitrogens with zero attached hydrogens (tertiary/aromatic N) is 1. The molecule has 0 aliphatic carbocycles. The van der Waals surface area contributed by atoms with Gasteiger partial charge in [-0.05, 0) is 44.4 Å². The first-order chi connectivity index (χ1) is 11.8. The number of aromatic nitrogens is 1. The maximum Gasteiger partial charge on any atom is 0.138 e. The highest BCUT2D eigenvalue weighted by Gasteiger charge is 2.25. The van der Waals surface area contributed by atoms with Crippen molar-refractivity contribution in [2.24, 2.45) is 5.92 Å². The van der Waals surface area contributed by atoms with Gasteiger partial charge < -0.3 is 10.1 Å². The average molecular weight is 322 g/mol. The van der Waals surface area contributed by atoms with Crippen LogP contribution in [0.5, 0.6) is 5.75 Å². The van der Waals surface area contributed by atoms with Crippen LogP contribution in [0.2, 0.25) is 0 Å². The summed E-state index contributed by atoms with van der Waals surface area (Å²) in [4.78, 5) is 4.55. The molecular weight excluding hydrogens is 296 g/mol. The molecule has 24 heavy (non-hydrogen) atoms. The Morgan fingerprint density at radius 3 is 2.54 bits per heavy atom. The van der Waals surface area contributed by atoms with Crippen molar-refractivity contribution < 1.29 is 4.74 Å². The molecule has 3 rings (SSSR count). The number of ether oxygens (including phenoxy) is 1. The second-order valence-corrected chi connectivity index (χ2v) is 6.06. The predicted molar refractivity (Wildman–Crippen MR) is 100.0 cm³/mol. The third-order valence-electron chi connectivity index (χ3n) is 4.46. The SMILES string of the molecule is C#C.CCC1CCNCC1Oc1ccc(-c2ccc(C)cc2)nc1. The monoisotopic (exact) mass is 322 g/mol. The molecule has 2 unspecified atom stereocenters. The largest absolute Gasteiger partial charge is 0.487 e. The van der Waals surface area contributed by atoms with Crippen molar-refractivity contribution in [3.8, 4) is 29.9 Å². The van der Waals surface area contributed by atoms with Crippen molar-refractivity contribution in [1.82, 2.24) is 10.3 Å². The van der Waals surface area contributed by atoms with Gasteiger partial charge in [0.25, 0.3) is 0 Å². The number of terminal acetylenes is 1. The van der Waals surface area contributed by atoms with Crippen molar-refractivity contribution in [3.05, 3.63) is 48.2 Å². The van der Waals surface area contributed by atoms with Crippen molar-refractivity contribution >= 4 is 0 Å². The van der Waals surface area contributed by atoms with Crippen molar-refractivity contribution in [2.45, 2.75) is 32.8 Å². The number of benzene rings is 1. The quantitative estimate of drug-likeness (QED) is 0.862. The lowest BCUT2D eigenvalue weighted by atomic mass is 9.92. The number of aryl methyl sites for hydroxylation is 1. The fourth-order valence-electron chi connectivity index (χ4n) is 3.01. The van der Waals surface area contributed by atoms with Crippen molar-refractivity contribution in [2.75, 3.05) is 13.1 Å². The van der Waals surface area contributed by atoms with Crippen LogP contribution in [-0.4, -0.2) is 24.2 Å². The second kappa shape index (κ2) is 9.10. The van der Waals surface area contributed by atoms with E-state index in [9.17, 15) is 0 Å². The lowest BCUT2D eigenvalue weighted by Gasteiger charge is -2.31. The van der Waals surface area contributed by atoms with E-state index in [0.29, 0.717) is 5.92 Å². The van der Waals surface area contributed by atoms with Gasteiger partial charge in [-0.15, -0.1) is 12.8 Å². The Balaban J connectivity index is 0.00000100. The van der Waals surface area contributed by atoms with Gasteiger partial charge in [-0.25, -0.2) is 0 Å². The normalized spacial score (nSPS) is 19.8. The number of hydrogen-bond acceptors (Lipinski definition) is 3. The van der Waals surface area contributed by atoms with Gasteiger partial charge >= 0.3 is 0 Å². The van der Waals surface area contributed by atoms with Crippen LogP contribution in [0.15, 0.2) is 42.6 Å². The molecule has 1 aliphatic rings. The number of nitrogens with one attached hydrogen (secondary N) is 1. The summed E-state index contributed by atoms with van der Waals surface area (Å²) in [6, 6.07) is 12.5. The van der Waals surface area contributed by atoms with Gasteiger partial charge in [0.15, 0.2) is 0 Å². The summed E-state index contributed by atoms with van der Waals surface area (Å²) in [5, 5.41) is 3.42. The fraction of sp³-hybridized carbons (Fsp3) is 0.381. The number of hydrogen-bond donors (Lipinski definition) is 1. The highest BCUT2D eigenvalue weighted by atomic mass is 16.5. The molecule has 1 aromatic heterocycles. The van der Waals surface area contributed by atoms with Crippen LogP contribution in [0, 0.1) is 25.7 Å². The molecule has 1 aromatic carbocycles. The minimum absolute atomic E-state index is 0.255. The van der Waals surface area contributed by atoms with Gasteiger partial charge in [-0.1, -0.05) is 36.8 Å². The molecule has 0 radical (unpaired) electrons. The Hall–Kier alpha value is -2.31. The van der Waals surface area contributed by atoms with E-state index in [1.54, 1.807) is 0 Å². The Morgan fingerprint density at radius 1 is 1.17 bits per heavy atom. The molecule has 3 nitrogen and oxygen atoms in total. The van der Waals surface area contributed by atoms with Crippen LogP contribution in [0.3, 0.4) is 0 Å². The Morgan fingerprint density at radius 2 is 1.92 bits per heavy atom. The smallest absolute Gasteiger partial charge is 0.138 e. The summed E-state index contributed by atoms with van der Waals surface area (Å²) in [5.74, 6) is 1.50. The van der Waals surface area contributed by atoms with Crippen LogP contribution in [0.4, 0.5) is 0 Å². The highest BCUT2D eigenvalue weighted by molar-refractivity contribution is 5.59. The molecule has 2 heterocycles. The summed E-state index contributed by atoms with van der Waals surface area (Å²) in [5.41, 5.74) is 3.39. The zero-order valence-corrected chi connectivity index (χ0v) is 14.5. The first-order valence-electron chi connectivity index (χ1n) is 8.50. The van der Waals surface area contributed by atoms with Crippen LogP contribution in [0.25, 0.3) is 11.3 Å². The molecule has 1 saturated heterocycles. The molecule has 0 saturated carbocycles. The summed E-state index contributed by atoms with van der Waals surface area (Å²) < 4.78 is 6.14. The van der Waals surface area contributed by atoms with Crippen molar-refractivity contribution in [1.29, 1.82) is 0 Å². The molecule has 2 atom stereocenters. The van der Waals surface area contributed by atoms with E-state index in [2.05, 4.69) is 61.3 Å². The van der Waals surface area contributed by atoms with E-state index in [1.807, 2.05) is 18.3 Å². The lowest BCUT2D eigenvalue weighted by molar-refractivity contribution is 0.102. The van der Waals surface area contributed by atoms with Crippen LogP contribution < -0.4 is 10.1 Å². The Kier molecular flexibility index (Phi) is 6.84. The maximum atomic E-state index is 6.14. The molecule has 1 fully saturated rings. The van der Waals surface area contributed by atoms with Crippen LogP contribution in [-0.2, 0) is 0 Å². The summed E-state index contributed by atoms with van der Waals surface area (Å²) in [6.07, 6.45) is 12.5. The molecule has 3 heteroatoms. The first kappa shape index (κ1) is 18.0. The van der Waals surface area contributed by atoms with Crippen LogP contribution >= 0.6 is 0 Å². The molecule has 0 amide bonds. The highest BCUT2D eigenvalue weighted by Crippen LogP contribution is 2.24. The van der Waals surface area contributed by atoms with Gasteiger partial charge in [-0.3, -0.25) is 4.98 Å². The molecule has 2 aromatic rings. The van der Waals surface area contributed by atoms with E-state index in [-0.39, 0.29) is 6.10 Å². The average Bonchev–Trinajstić information content (AvgIpc) is 2.65.